The van der Waals surface area contributed by atoms with Gasteiger partial charge in [0.1, 0.15) is 12.1 Å². The van der Waals surface area contributed by atoms with Crippen LogP contribution in [-0.2, 0) is 14.3 Å². The average Bonchev–Trinajstić information content (AvgIpc) is 1.94. The van der Waals surface area contributed by atoms with Gasteiger partial charge in [-0.05, 0) is 0 Å². The summed E-state index contributed by atoms with van der Waals surface area (Å²) in [7, 11) is 0. The number of nitrogens with two attached hydrogens (primary N) is 1. The highest BCUT2D eigenvalue weighted by Crippen LogP contribution is 2.05. The van der Waals surface area contributed by atoms with Crippen molar-refractivity contribution < 1.29 is 19.4 Å². The van der Waals surface area contributed by atoms with Crippen LogP contribution in [-0.4, -0.2) is 43.0 Å². The maximum Gasteiger partial charge on any atom is 0.325 e. The third kappa shape index (κ3) is 2.14. The van der Waals surface area contributed by atoms with Gasteiger partial charge in [-0.3, -0.25) is 4.79 Å². The van der Waals surface area contributed by atoms with E-state index < -0.39 is 12.0 Å². The Labute approximate surface area is 64.1 Å². The molecule has 1 saturated heterocycles. The minimum Gasteiger partial charge on any atom is -0.456 e. The number of carbonyl (C=O) groups excluding carboxylic acids is 1. The number of esters is 1. The molecular formula is C6H11NO4. The smallest absolute Gasteiger partial charge is 0.325 e. The van der Waals surface area contributed by atoms with Crippen molar-refractivity contribution in [1.29, 1.82) is 0 Å². The summed E-state index contributed by atoms with van der Waals surface area (Å²) in [5, 5.41) is 8.45. The van der Waals surface area contributed by atoms with E-state index in [4.69, 9.17) is 20.3 Å². The number of carbonyl (C=O) groups is 1. The van der Waals surface area contributed by atoms with Crippen molar-refractivity contribution in [3.8, 4) is 0 Å². The molecule has 5 heteroatoms. The second-order valence-electron chi connectivity index (χ2n) is 2.39. The second kappa shape index (κ2) is 3.66. The Morgan fingerprint density at radius 2 is 2.45 bits per heavy atom. The van der Waals surface area contributed by atoms with Crippen molar-refractivity contribution in [2.24, 2.45) is 5.73 Å². The Balaban J connectivity index is 2.19. The van der Waals surface area contributed by atoms with E-state index in [0.717, 1.165) is 0 Å². The first-order valence-electron chi connectivity index (χ1n) is 3.38. The highest BCUT2D eigenvalue weighted by Gasteiger charge is 2.25. The Bertz CT molecular complexity index is 146. The van der Waals surface area contributed by atoms with Crippen LogP contribution in [0.2, 0.25) is 0 Å². The molecular weight excluding hydrogens is 150 g/mol. The lowest BCUT2D eigenvalue weighted by atomic mass is 10.3. The molecule has 0 spiro atoms. The summed E-state index contributed by atoms with van der Waals surface area (Å²) < 4.78 is 9.56. The predicted molar refractivity (Wildman–Crippen MR) is 35.8 cm³/mol. The number of hydrogen-bond donors (Lipinski definition) is 2. The van der Waals surface area contributed by atoms with E-state index in [-0.39, 0.29) is 12.7 Å². The van der Waals surface area contributed by atoms with Gasteiger partial charge >= 0.3 is 5.97 Å². The quantitative estimate of drug-likeness (QED) is 0.479. The van der Waals surface area contributed by atoms with Gasteiger partial charge in [0.2, 0.25) is 0 Å². The van der Waals surface area contributed by atoms with Gasteiger partial charge < -0.3 is 20.3 Å². The summed E-state index contributed by atoms with van der Waals surface area (Å²) in [4.78, 5) is 10.8. The van der Waals surface area contributed by atoms with Crippen LogP contribution in [0.25, 0.3) is 0 Å². The van der Waals surface area contributed by atoms with Crippen molar-refractivity contribution in [3.05, 3.63) is 0 Å². The van der Waals surface area contributed by atoms with E-state index in [9.17, 15) is 4.79 Å². The lowest BCUT2D eigenvalue weighted by Crippen LogP contribution is -2.44. The normalized spacial score (nSPS) is 20.5. The minimum atomic E-state index is -0.921. The maximum absolute atomic E-state index is 10.8. The molecule has 1 fully saturated rings. The van der Waals surface area contributed by atoms with Crippen LogP contribution in [0.5, 0.6) is 0 Å². The van der Waals surface area contributed by atoms with Crippen molar-refractivity contribution in [2.45, 2.75) is 12.1 Å². The first-order valence-corrected chi connectivity index (χ1v) is 3.38. The molecule has 0 bridgehead atoms. The molecule has 11 heavy (non-hydrogen) atoms. The van der Waals surface area contributed by atoms with Crippen LogP contribution in [0, 0.1) is 0 Å². The number of rotatable bonds is 3. The molecule has 1 aliphatic heterocycles. The largest absolute Gasteiger partial charge is 0.456 e. The summed E-state index contributed by atoms with van der Waals surface area (Å²) in [6.45, 7) is 0.486. The van der Waals surface area contributed by atoms with Crippen LogP contribution in [0.3, 0.4) is 0 Å². The molecule has 0 saturated carbocycles. The van der Waals surface area contributed by atoms with Gasteiger partial charge in [0.25, 0.3) is 0 Å². The first-order chi connectivity index (χ1) is 5.24. The standard InChI is InChI=1S/C6H11NO4/c7-5(1-8)6(9)11-4-2-10-3-4/h4-5,8H,1-3,7H2. The molecule has 0 radical (unpaired) electrons. The lowest BCUT2D eigenvalue weighted by molar-refractivity contribution is -0.174. The number of aliphatic hydroxyl groups excluding tert-OH is 1. The average molecular weight is 161 g/mol. The second-order valence-corrected chi connectivity index (χ2v) is 2.39. The number of hydrogen-bond acceptors (Lipinski definition) is 5. The van der Waals surface area contributed by atoms with Crippen molar-refractivity contribution >= 4 is 5.97 Å². The van der Waals surface area contributed by atoms with Gasteiger partial charge in [0.05, 0.1) is 19.8 Å². The zero-order valence-corrected chi connectivity index (χ0v) is 6.03. The molecule has 1 atom stereocenters. The van der Waals surface area contributed by atoms with Gasteiger partial charge in [0, 0.05) is 0 Å². The van der Waals surface area contributed by atoms with E-state index in [2.05, 4.69) is 0 Å². The van der Waals surface area contributed by atoms with Crippen molar-refractivity contribution in [1.82, 2.24) is 0 Å². The summed E-state index contributed by atoms with van der Waals surface area (Å²) in [5.41, 5.74) is 5.18. The third-order valence-electron chi connectivity index (χ3n) is 1.39. The molecule has 3 N–H and O–H groups in total. The van der Waals surface area contributed by atoms with E-state index >= 15 is 0 Å². The van der Waals surface area contributed by atoms with E-state index in [0.29, 0.717) is 13.2 Å². The Kier molecular flexibility index (Phi) is 2.81. The molecule has 64 valence electrons. The zero-order valence-electron chi connectivity index (χ0n) is 6.03. The zero-order chi connectivity index (χ0) is 8.27. The van der Waals surface area contributed by atoms with E-state index in [1.807, 2.05) is 0 Å². The first kappa shape index (κ1) is 8.45. The predicted octanol–water partition coefficient (Wildman–Crippen LogP) is -1.75. The molecule has 1 rings (SSSR count). The minimum absolute atomic E-state index is 0.167. The van der Waals surface area contributed by atoms with E-state index in [1.54, 1.807) is 0 Å². The molecule has 0 aromatic heterocycles. The van der Waals surface area contributed by atoms with Crippen molar-refractivity contribution in [2.75, 3.05) is 19.8 Å². The van der Waals surface area contributed by atoms with Gasteiger partial charge in [-0.2, -0.15) is 0 Å². The van der Waals surface area contributed by atoms with Gasteiger partial charge in [-0.1, -0.05) is 0 Å². The highest BCUT2D eigenvalue weighted by molar-refractivity contribution is 5.75. The van der Waals surface area contributed by atoms with Crippen LogP contribution in [0.1, 0.15) is 0 Å². The molecule has 1 heterocycles. The summed E-state index contributed by atoms with van der Waals surface area (Å²) >= 11 is 0. The van der Waals surface area contributed by atoms with Crippen LogP contribution in [0.4, 0.5) is 0 Å². The summed E-state index contributed by atoms with van der Waals surface area (Å²) in [5.74, 6) is -0.569. The van der Waals surface area contributed by atoms with Crippen molar-refractivity contribution in [3.63, 3.8) is 0 Å². The molecule has 5 nitrogen and oxygen atoms in total. The topological polar surface area (TPSA) is 81.8 Å². The van der Waals surface area contributed by atoms with E-state index in [1.165, 1.54) is 0 Å². The van der Waals surface area contributed by atoms with Crippen LogP contribution >= 0.6 is 0 Å². The SMILES string of the molecule is NC(CO)C(=O)OC1COC1. The summed E-state index contributed by atoms with van der Waals surface area (Å²) in [6.07, 6.45) is -0.167. The maximum atomic E-state index is 10.8. The Morgan fingerprint density at radius 3 is 2.82 bits per heavy atom. The monoisotopic (exact) mass is 161 g/mol. The molecule has 0 aliphatic carbocycles. The Hall–Kier alpha value is -0.650. The summed E-state index contributed by atoms with van der Waals surface area (Å²) in [6, 6.07) is -0.921. The molecule has 0 amide bonds. The molecule has 1 aliphatic rings. The molecule has 1 unspecified atom stereocenters. The van der Waals surface area contributed by atoms with Gasteiger partial charge in [0.15, 0.2) is 0 Å². The molecule has 0 aromatic rings. The third-order valence-corrected chi connectivity index (χ3v) is 1.39. The lowest BCUT2D eigenvalue weighted by Gasteiger charge is -2.26. The fourth-order valence-electron chi connectivity index (χ4n) is 0.608. The van der Waals surface area contributed by atoms with Gasteiger partial charge in [-0.25, -0.2) is 0 Å². The van der Waals surface area contributed by atoms with Crippen LogP contribution in [0.15, 0.2) is 0 Å². The van der Waals surface area contributed by atoms with Crippen LogP contribution < -0.4 is 5.73 Å². The van der Waals surface area contributed by atoms with Gasteiger partial charge in [-0.15, -0.1) is 0 Å². The fourth-order valence-corrected chi connectivity index (χ4v) is 0.608. The Morgan fingerprint density at radius 1 is 1.82 bits per heavy atom. The number of aliphatic hydroxyl groups is 1. The molecule has 0 aromatic carbocycles. The number of ether oxygens (including phenoxy) is 2. The highest BCUT2D eigenvalue weighted by atomic mass is 16.6. The fraction of sp³-hybridized carbons (Fsp3) is 0.833.